The molecule has 1 saturated carbocycles. The van der Waals surface area contributed by atoms with Gasteiger partial charge in [-0.05, 0) is 26.3 Å². The van der Waals surface area contributed by atoms with Gasteiger partial charge in [0.1, 0.15) is 0 Å². The lowest BCUT2D eigenvalue weighted by molar-refractivity contribution is -0.0965. The molecule has 0 amide bonds. The molecule has 0 radical (unpaired) electrons. The van der Waals surface area contributed by atoms with E-state index in [9.17, 15) is 0 Å². The average molecular weight is 226 g/mol. The quantitative estimate of drug-likeness (QED) is 0.832. The zero-order valence-electron chi connectivity index (χ0n) is 9.32. The Kier molecular flexibility index (Phi) is 3.38. The summed E-state index contributed by atoms with van der Waals surface area (Å²) in [5, 5.41) is 3.39. The van der Waals surface area contributed by atoms with Crippen LogP contribution >= 0.6 is 11.3 Å². The average Bonchev–Trinajstić information content (AvgIpc) is 2.68. The van der Waals surface area contributed by atoms with Crippen molar-refractivity contribution in [2.24, 2.45) is 0 Å². The second-order valence-electron chi connectivity index (χ2n) is 4.14. The molecule has 1 unspecified atom stereocenters. The molecule has 0 aromatic carbocycles. The number of methoxy groups -OCH3 is 1. The van der Waals surface area contributed by atoms with Crippen LogP contribution in [0.1, 0.15) is 24.1 Å². The first-order chi connectivity index (χ1) is 7.30. The Morgan fingerprint density at radius 1 is 1.67 bits per heavy atom. The van der Waals surface area contributed by atoms with Gasteiger partial charge in [0.05, 0.1) is 11.1 Å². The first-order valence-electron chi connectivity index (χ1n) is 5.40. The van der Waals surface area contributed by atoms with Crippen LogP contribution in [0.15, 0.2) is 11.7 Å². The molecule has 1 N–H and O–H groups in total. The van der Waals surface area contributed by atoms with E-state index >= 15 is 0 Å². The fraction of sp³-hybridized carbons (Fsp3) is 0.727. The Hall–Kier alpha value is -0.450. The normalized spacial score (nSPS) is 20.9. The molecule has 1 fully saturated rings. The van der Waals surface area contributed by atoms with Crippen LogP contribution in [0.25, 0.3) is 0 Å². The van der Waals surface area contributed by atoms with Gasteiger partial charge in [-0.3, -0.25) is 4.98 Å². The van der Waals surface area contributed by atoms with Crippen molar-refractivity contribution in [2.45, 2.75) is 37.3 Å². The molecule has 3 nitrogen and oxygen atoms in total. The topological polar surface area (TPSA) is 34.2 Å². The Bertz CT molecular complexity index is 290. The third-order valence-electron chi connectivity index (χ3n) is 3.48. The molecule has 0 spiro atoms. The van der Waals surface area contributed by atoms with Gasteiger partial charge in [-0.25, -0.2) is 0 Å². The third kappa shape index (κ3) is 2.07. The fourth-order valence-corrected chi connectivity index (χ4v) is 2.96. The molecule has 1 heterocycles. The van der Waals surface area contributed by atoms with Crippen molar-refractivity contribution in [3.8, 4) is 0 Å². The summed E-state index contributed by atoms with van der Waals surface area (Å²) in [5.74, 6) is 0. The maximum atomic E-state index is 5.70. The second-order valence-corrected chi connectivity index (χ2v) is 5.11. The number of ether oxygens (including phenoxy) is 1. The Morgan fingerprint density at radius 3 is 2.87 bits per heavy atom. The van der Waals surface area contributed by atoms with E-state index in [0.29, 0.717) is 6.04 Å². The van der Waals surface area contributed by atoms with Crippen molar-refractivity contribution in [3.63, 3.8) is 0 Å². The molecule has 1 aromatic rings. The number of nitrogens with zero attached hydrogens (tertiary/aromatic N) is 1. The maximum Gasteiger partial charge on any atom is 0.0834 e. The minimum absolute atomic E-state index is 0.0682. The highest BCUT2D eigenvalue weighted by atomic mass is 32.1. The predicted octanol–water partition coefficient (Wildman–Crippen LogP) is 1.84. The van der Waals surface area contributed by atoms with Crippen molar-refractivity contribution < 1.29 is 4.74 Å². The maximum absolute atomic E-state index is 5.70. The van der Waals surface area contributed by atoms with Crippen molar-refractivity contribution in [2.75, 3.05) is 14.2 Å². The summed E-state index contributed by atoms with van der Waals surface area (Å²) in [4.78, 5) is 5.44. The molecule has 0 saturated heterocycles. The molecule has 0 bridgehead atoms. The van der Waals surface area contributed by atoms with Gasteiger partial charge in [0.2, 0.25) is 0 Å². The van der Waals surface area contributed by atoms with Crippen LogP contribution < -0.4 is 5.32 Å². The van der Waals surface area contributed by atoms with Crippen LogP contribution in [0.3, 0.4) is 0 Å². The van der Waals surface area contributed by atoms with Crippen LogP contribution in [-0.2, 0) is 11.2 Å². The van der Waals surface area contributed by atoms with Gasteiger partial charge in [0.15, 0.2) is 0 Å². The molecule has 1 aliphatic rings. The molecular formula is C11H18N2OS. The third-order valence-corrected chi connectivity index (χ3v) is 4.28. The van der Waals surface area contributed by atoms with Gasteiger partial charge in [-0.1, -0.05) is 0 Å². The smallest absolute Gasteiger partial charge is 0.0834 e. The Labute approximate surface area is 94.9 Å². The molecule has 4 heteroatoms. The largest absolute Gasteiger partial charge is 0.377 e. The monoisotopic (exact) mass is 226 g/mol. The number of hydrogen-bond acceptors (Lipinski definition) is 4. The van der Waals surface area contributed by atoms with Gasteiger partial charge in [-0.2, -0.15) is 0 Å². The van der Waals surface area contributed by atoms with Gasteiger partial charge < -0.3 is 10.1 Å². The van der Waals surface area contributed by atoms with Crippen LogP contribution in [0.5, 0.6) is 0 Å². The molecule has 15 heavy (non-hydrogen) atoms. The molecule has 84 valence electrons. The van der Waals surface area contributed by atoms with Crippen molar-refractivity contribution in [1.82, 2.24) is 10.3 Å². The van der Waals surface area contributed by atoms with E-state index in [2.05, 4.69) is 10.3 Å². The summed E-state index contributed by atoms with van der Waals surface area (Å²) < 4.78 is 5.70. The number of likely N-dealkylation sites (N-methyl/N-ethyl adjacent to an activating group) is 1. The Morgan fingerprint density at radius 2 is 2.47 bits per heavy atom. The second kappa shape index (κ2) is 4.60. The highest BCUT2D eigenvalue weighted by molar-refractivity contribution is 7.09. The van der Waals surface area contributed by atoms with Gasteiger partial charge in [0.25, 0.3) is 0 Å². The molecule has 0 aliphatic heterocycles. The number of rotatable bonds is 5. The van der Waals surface area contributed by atoms with E-state index in [1.807, 2.05) is 25.9 Å². The van der Waals surface area contributed by atoms with Crippen molar-refractivity contribution >= 4 is 11.3 Å². The minimum Gasteiger partial charge on any atom is -0.377 e. The highest BCUT2D eigenvalue weighted by Crippen LogP contribution is 2.39. The van der Waals surface area contributed by atoms with Crippen LogP contribution in [-0.4, -0.2) is 30.8 Å². The summed E-state index contributed by atoms with van der Waals surface area (Å²) in [6.07, 6.45) is 6.61. The number of thiazole rings is 1. The first kappa shape index (κ1) is 11.0. The lowest BCUT2D eigenvalue weighted by atomic mass is 9.73. The van der Waals surface area contributed by atoms with E-state index in [-0.39, 0.29) is 5.60 Å². The summed E-state index contributed by atoms with van der Waals surface area (Å²) in [6, 6.07) is 0.414. The van der Waals surface area contributed by atoms with Gasteiger partial charge in [-0.15, -0.1) is 11.3 Å². The molecule has 1 aromatic heterocycles. The SMILES string of the molecule is CNC(Cc1cncs1)C1(OC)CCC1. The fourth-order valence-electron chi connectivity index (χ4n) is 2.32. The van der Waals surface area contributed by atoms with Crippen molar-refractivity contribution in [3.05, 3.63) is 16.6 Å². The van der Waals surface area contributed by atoms with Crippen LogP contribution in [0, 0.1) is 0 Å². The summed E-state index contributed by atoms with van der Waals surface area (Å²) >= 11 is 1.72. The molecule has 1 aliphatic carbocycles. The minimum atomic E-state index is 0.0682. The van der Waals surface area contributed by atoms with E-state index in [1.165, 1.54) is 24.1 Å². The number of aromatic nitrogens is 1. The summed E-state index contributed by atoms with van der Waals surface area (Å²) in [5.41, 5.74) is 1.96. The lowest BCUT2D eigenvalue weighted by Gasteiger charge is -2.46. The Balaban J connectivity index is 2.03. The van der Waals surface area contributed by atoms with E-state index < -0.39 is 0 Å². The number of nitrogens with one attached hydrogen (secondary N) is 1. The summed E-state index contributed by atoms with van der Waals surface area (Å²) in [6.45, 7) is 0. The first-order valence-corrected chi connectivity index (χ1v) is 6.28. The molecular weight excluding hydrogens is 208 g/mol. The van der Waals surface area contributed by atoms with Gasteiger partial charge >= 0.3 is 0 Å². The highest BCUT2D eigenvalue weighted by Gasteiger charge is 2.43. The zero-order valence-corrected chi connectivity index (χ0v) is 10.1. The number of hydrogen-bond donors (Lipinski definition) is 1. The molecule has 2 rings (SSSR count). The summed E-state index contributed by atoms with van der Waals surface area (Å²) in [7, 11) is 3.85. The van der Waals surface area contributed by atoms with Crippen LogP contribution in [0.2, 0.25) is 0 Å². The van der Waals surface area contributed by atoms with E-state index in [4.69, 9.17) is 4.74 Å². The van der Waals surface area contributed by atoms with Crippen LogP contribution in [0.4, 0.5) is 0 Å². The van der Waals surface area contributed by atoms with Crippen molar-refractivity contribution in [1.29, 1.82) is 0 Å². The van der Waals surface area contributed by atoms with E-state index in [1.54, 1.807) is 11.3 Å². The molecule has 1 atom stereocenters. The lowest BCUT2D eigenvalue weighted by Crippen LogP contribution is -2.56. The van der Waals surface area contributed by atoms with E-state index in [0.717, 1.165) is 6.42 Å². The standard InChI is InChI=1S/C11H18N2OS/c1-12-10(6-9-7-13-8-15-9)11(14-2)4-3-5-11/h7-8,10,12H,3-6H2,1-2H3. The zero-order chi connectivity index (χ0) is 10.7. The predicted molar refractivity (Wildman–Crippen MR) is 62.3 cm³/mol. The van der Waals surface area contributed by atoms with Gasteiger partial charge in [0, 0.05) is 30.6 Å².